The molecule has 0 radical (unpaired) electrons. The van der Waals surface area contributed by atoms with Gasteiger partial charge in [0.15, 0.2) is 0 Å². The first kappa shape index (κ1) is 11.4. The summed E-state index contributed by atoms with van der Waals surface area (Å²) in [6, 6.07) is 0. The van der Waals surface area contributed by atoms with E-state index < -0.39 is 18.0 Å². The van der Waals surface area contributed by atoms with Crippen molar-refractivity contribution >= 4 is 5.97 Å². The van der Waals surface area contributed by atoms with Crippen LogP contribution >= 0.6 is 0 Å². The molecular weight excluding hydrogens is 156 g/mol. The molecule has 12 heavy (non-hydrogen) atoms. The zero-order valence-electron chi connectivity index (χ0n) is 7.95. The highest BCUT2D eigenvalue weighted by Crippen LogP contribution is 2.18. The largest absolute Gasteiger partial charge is 0.481 e. The third kappa shape index (κ3) is 3.22. The Kier molecular flexibility index (Phi) is 4.90. The SMILES string of the molecule is CCCC(O)C(C)C(C)C(=O)O. The van der Waals surface area contributed by atoms with Gasteiger partial charge in [-0.25, -0.2) is 0 Å². The fraction of sp³-hybridized carbons (Fsp3) is 0.889. The van der Waals surface area contributed by atoms with E-state index in [0.29, 0.717) is 6.42 Å². The molecule has 3 atom stereocenters. The molecule has 0 rings (SSSR count). The molecule has 0 amide bonds. The van der Waals surface area contributed by atoms with Gasteiger partial charge in [0.1, 0.15) is 0 Å². The number of aliphatic hydroxyl groups is 1. The molecule has 3 nitrogen and oxygen atoms in total. The predicted molar refractivity (Wildman–Crippen MR) is 46.9 cm³/mol. The lowest BCUT2D eigenvalue weighted by Crippen LogP contribution is -2.28. The van der Waals surface area contributed by atoms with Gasteiger partial charge < -0.3 is 10.2 Å². The quantitative estimate of drug-likeness (QED) is 0.664. The lowest BCUT2D eigenvalue weighted by molar-refractivity contribution is -0.144. The van der Waals surface area contributed by atoms with Gasteiger partial charge in [-0.05, 0) is 12.3 Å². The second-order valence-corrected chi connectivity index (χ2v) is 3.34. The van der Waals surface area contributed by atoms with Crippen LogP contribution in [-0.4, -0.2) is 22.3 Å². The molecule has 3 unspecified atom stereocenters. The van der Waals surface area contributed by atoms with E-state index in [1.807, 2.05) is 6.92 Å². The van der Waals surface area contributed by atoms with Gasteiger partial charge in [-0.1, -0.05) is 27.2 Å². The Morgan fingerprint density at radius 2 is 1.92 bits per heavy atom. The molecule has 0 aliphatic carbocycles. The monoisotopic (exact) mass is 174 g/mol. The van der Waals surface area contributed by atoms with E-state index in [-0.39, 0.29) is 5.92 Å². The molecule has 0 fully saturated rings. The molecule has 0 aliphatic heterocycles. The van der Waals surface area contributed by atoms with Crippen LogP contribution in [0.5, 0.6) is 0 Å². The average molecular weight is 174 g/mol. The topological polar surface area (TPSA) is 57.5 Å². The summed E-state index contributed by atoms with van der Waals surface area (Å²) in [5.41, 5.74) is 0. The summed E-state index contributed by atoms with van der Waals surface area (Å²) in [4.78, 5) is 10.5. The van der Waals surface area contributed by atoms with Crippen molar-refractivity contribution in [3.05, 3.63) is 0 Å². The highest BCUT2D eigenvalue weighted by molar-refractivity contribution is 5.69. The first-order valence-corrected chi connectivity index (χ1v) is 4.41. The van der Waals surface area contributed by atoms with Crippen LogP contribution in [-0.2, 0) is 4.79 Å². The summed E-state index contributed by atoms with van der Waals surface area (Å²) < 4.78 is 0. The first-order chi connectivity index (χ1) is 5.50. The molecule has 0 aromatic heterocycles. The van der Waals surface area contributed by atoms with Crippen LogP contribution in [0.1, 0.15) is 33.6 Å². The maximum Gasteiger partial charge on any atom is 0.306 e. The van der Waals surface area contributed by atoms with Gasteiger partial charge in [0, 0.05) is 0 Å². The Morgan fingerprint density at radius 1 is 1.42 bits per heavy atom. The molecule has 0 spiro atoms. The minimum absolute atomic E-state index is 0.164. The summed E-state index contributed by atoms with van der Waals surface area (Å²) in [6.45, 7) is 5.38. The van der Waals surface area contributed by atoms with E-state index >= 15 is 0 Å². The summed E-state index contributed by atoms with van der Waals surface area (Å²) in [7, 11) is 0. The first-order valence-electron chi connectivity index (χ1n) is 4.41. The van der Waals surface area contributed by atoms with Gasteiger partial charge >= 0.3 is 5.97 Å². The number of rotatable bonds is 5. The van der Waals surface area contributed by atoms with Crippen molar-refractivity contribution in [2.24, 2.45) is 11.8 Å². The fourth-order valence-corrected chi connectivity index (χ4v) is 1.12. The highest BCUT2D eigenvalue weighted by Gasteiger charge is 2.24. The van der Waals surface area contributed by atoms with Gasteiger partial charge in [0.05, 0.1) is 12.0 Å². The smallest absolute Gasteiger partial charge is 0.306 e. The minimum Gasteiger partial charge on any atom is -0.481 e. The number of carboxylic acids is 1. The van der Waals surface area contributed by atoms with Crippen LogP contribution in [0.2, 0.25) is 0 Å². The van der Waals surface area contributed by atoms with E-state index in [9.17, 15) is 9.90 Å². The fourth-order valence-electron chi connectivity index (χ4n) is 1.12. The summed E-state index contributed by atoms with van der Waals surface area (Å²) in [6.07, 6.45) is 1.08. The van der Waals surface area contributed by atoms with E-state index in [4.69, 9.17) is 5.11 Å². The van der Waals surface area contributed by atoms with Crippen molar-refractivity contribution in [3.8, 4) is 0 Å². The number of hydrogen-bond donors (Lipinski definition) is 2. The molecule has 0 aliphatic rings. The third-order valence-electron chi connectivity index (χ3n) is 2.37. The van der Waals surface area contributed by atoms with Crippen molar-refractivity contribution in [2.45, 2.75) is 39.7 Å². The van der Waals surface area contributed by atoms with E-state index in [0.717, 1.165) is 6.42 Å². The van der Waals surface area contributed by atoms with Crippen LogP contribution < -0.4 is 0 Å². The number of carbonyl (C=O) groups is 1. The highest BCUT2D eigenvalue weighted by atomic mass is 16.4. The van der Waals surface area contributed by atoms with Crippen molar-refractivity contribution in [3.63, 3.8) is 0 Å². The predicted octanol–water partition coefficient (Wildman–Crippen LogP) is 1.50. The second-order valence-electron chi connectivity index (χ2n) is 3.34. The zero-order valence-corrected chi connectivity index (χ0v) is 7.95. The van der Waals surface area contributed by atoms with E-state index in [1.165, 1.54) is 0 Å². The average Bonchev–Trinajstić information content (AvgIpc) is 2.02. The third-order valence-corrected chi connectivity index (χ3v) is 2.37. The molecule has 0 saturated carbocycles. The van der Waals surface area contributed by atoms with Gasteiger partial charge in [-0.3, -0.25) is 4.79 Å². The summed E-state index contributed by atoms with van der Waals surface area (Å²) in [5, 5.41) is 18.1. The van der Waals surface area contributed by atoms with Crippen molar-refractivity contribution < 1.29 is 15.0 Å². The Morgan fingerprint density at radius 3 is 2.25 bits per heavy atom. The van der Waals surface area contributed by atoms with E-state index in [1.54, 1.807) is 13.8 Å². The summed E-state index contributed by atoms with van der Waals surface area (Å²) >= 11 is 0. The van der Waals surface area contributed by atoms with Crippen LogP contribution in [0.25, 0.3) is 0 Å². The molecule has 72 valence electrons. The summed E-state index contributed by atoms with van der Waals surface area (Å²) in [5.74, 6) is -1.47. The number of aliphatic carboxylic acids is 1. The van der Waals surface area contributed by atoms with Crippen molar-refractivity contribution in [2.75, 3.05) is 0 Å². The second kappa shape index (κ2) is 5.14. The van der Waals surface area contributed by atoms with Gasteiger partial charge in [0.25, 0.3) is 0 Å². The molecule has 0 aromatic carbocycles. The molecule has 2 N–H and O–H groups in total. The van der Waals surface area contributed by atoms with Crippen LogP contribution in [0.4, 0.5) is 0 Å². The Hall–Kier alpha value is -0.570. The molecule has 0 bridgehead atoms. The van der Waals surface area contributed by atoms with Crippen LogP contribution in [0.3, 0.4) is 0 Å². The Balaban J connectivity index is 3.99. The van der Waals surface area contributed by atoms with Gasteiger partial charge in [-0.15, -0.1) is 0 Å². The maximum absolute atomic E-state index is 10.5. The van der Waals surface area contributed by atoms with Gasteiger partial charge in [-0.2, -0.15) is 0 Å². The molecule has 0 saturated heterocycles. The number of hydrogen-bond acceptors (Lipinski definition) is 2. The zero-order chi connectivity index (χ0) is 9.72. The van der Waals surface area contributed by atoms with Crippen molar-refractivity contribution in [1.82, 2.24) is 0 Å². The number of aliphatic hydroxyl groups excluding tert-OH is 1. The standard InChI is InChI=1S/C9H18O3/c1-4-5-8(10)6(2)7(3)9(11)12/h6-8,10H,4-5H2,1-3H3,(H,11,12). The minimum atomic E-state index is -0.836. The van der Waals surface area contributed by atoms with Crippen molar-refractivity contribution in [1.29, 1.82) is 0 Å². The maximum atomic E-state index is 10.5. The number of carboxylic acid groups (broad SMARTS) is 1. The molecular formula is C9H18O3. The normalized spacial score (nSPS) is 18.3. The molecule has 0 heterocycles. The lowest BCUT2D eigenvalue weighted by Gasteiger charge is -2.21. The van der Waals surface area contributed by atoms with E-state index in [2.05, 4.69) is 0 Å². The van der Waals surface area contributed by atoms with Crippen LogP contribution in [0, 0.1) is 11.8 Å². The lowest BCUT2D eigenvalue weighted by atomic mass is 9.89. The van der Waals surface area contributed by atoms with Gasteiger partial charge in [0.2, 0.25) is 0 Å². The Bertz CT molecular complexity index is 145. The molecule has 3 heteroatoms. The van der Waals surface area contributed by atoms with Crippen LogP contribution in [0.15, 0.2) is 0 Å². The Labute approximate surface area is 73.4 Å². The molecule has 0 aromatic rings.